The number of morpholine rings is 1. The monoisotopic (exact) mass is 437 g/mol. The van der Waals surface area contributed by atoms with Crippen molar-refractivity contribution in [1.29, 1.82) is 0 Å². The van der Waals surface area contributed by atoms with Crippen molar-refractivity contribution in [1.82, 2.24) is 4.31 Å². The topological polar surface area (TPSA) is 79.0 Å². The van der Waals surface area contributed by atoms with Gasteiger partial charge in [-0.25, -0.2) is 8.42 Å². The van der Waals surface area contributed by atoms with E-state index in [1.807, 2.05) is 26.8 Å². The maximum absolute atomic E-state index is 13.1. The first-order valence-electron chi connectivity index (χ1n) is 9.71. The van der Waals surface area contributed by atoms with E-state index in [1.54, 1.807) is 24.3 Å². The fourth-order valence-corrected chi connectivity index (χ4v) is 5.49. The summed E-state index contributed by atoms with van der Waals surface area (Å²) in [5.74, 6) is -0.238. The molecule has 7 nitrogen and oxygen atoms in total. The van der Waals surface area contributed by atoms with E-state index >= 15 is 0 Å². The number of sulfonamides is 1. The van der Waals surface area contributed by atoms with Gasteiger partial charge in [-0.05, 0) is 51.1 Å². The van der Waals surface area contributed by atoms with Gasteiger partial charge >= 0.3 is 0 Å². The molecule has 0 unspecified atom stereocenters. The molecule has 0 bridgehead atoms. The van der Waals surface area contributed by atoms with E-state index in [0.29, 0.717) is 36.9 Å². The second-order valence-electron chi connectivity index (χ2n) is 6.73. The van der Waals surface area contributed by atoms with Gasteiger partial charge in [0.15, 0.2) is 0 Å². The molecule has 29 heavy (non-hydrogen) atoms. The Labute approximate surface area is 176 Å². The van der Waals surface area contributed by atoms with Gasteiger partial charge in [-0.3, -0.25) is 4.79 Å². The van der Waals surface area contributed by atoms with E-state index in [2.05, 4.69) is 10.2 Å². The van der Waals surface area contributed by atoms with E-state index in [9.17, 15) is 13.2 Å². The summed E-state index contributed by atoms with van der Waals surface area (Å²) in [4.78, 5) is 16.6. The van der Waals surface area contributed by atoms with Crippen molar-refractivity contribution in [3.8, 4) is 0 Å². The highest BCUT2D eigenvalue weighted by molar-refractivity contribution is 7.89. The number of hydrogen-bond acceptors (Lipinski definition) is 6. The van der Waals surface area contributed by atoms with Crippen molar-refractivity contribution in [3.05, 3.63) is 40.1 Å². The van der Waals surface area contributed by atoms with Gasteiger partial charge in [0, 0.05) is 31.1 Å². The highest BCUT2D eigenvalue weighted by Crippen LogP contribution is 2.31. The first-order valence-corrected chi connectivity index (χ1v) is 12.0. The van der Waals surface area contributed by atoms with E-state index < -0.39 is 10.0 Å². The highest BCUT2D eigenvalue weighted by atomic mass is 32.2. The summed E-state index contributed by atoms with van der Waals surface area (Å²) in [7, 11) is -3.65. The Kier molecular flexibility index (Phi) is 6.94. The molecule has 2 aromatic rings. The maximum atomic E-state index is 13.1. The zero-order chi connectivity index (χ0) is 21.0. The Hall–Kier alpha value is -1.94. The predicted octanol–water partition coefficient (Wildman–Crippen LogP) is 3.18. The van der Waals surface area contributed by atoms with Gasteiger partial charge in [0.1, 0.15) is 0 Å². The largest absolute Gasteiger partial charge is 0.379 e. The van der Waals surface area contributed by atoms with Crippen LogP contribution in [0.15, 0.2) is 35.2 Å². The minimum Gasteiger partial charge on any atom is -0.379 e. The molecular formula is C20H27N3O4S2. The molecule has 2 heterocycles. The molecule has 9 heteroatoms. The van der Waals surface area contributed by atoms with Gasteiger partial charge in [-0.15, -0.1) is 11.3 Å². The van der Waals surface area contributed by atoms with Crippen molar-refractivity contribution >= 4 is 38.6 Å². The van der Waals surface area contributed by atoms with Crippen molar-refractivity contribution in [3.63, 3.8) is 0 Å². The van der Waals surface area contributed by atoms with Crippen LogP contribution in [0.1, 0.15) is 28.4 Å². The zero-order valence-corrected chi connectivity index (χ0v) is 18.6. The van der Waals surface area contributed by atoms with Crippen LogP contribution in [0, 0.1) is 6.92 Å². The number of nitrogens with one attached hydrogen (secondary N) is 1. The van der Waals surface area contributed by atoms with Crippen LogP contribution in [0.4, 0.5) is 11.4 Å². The van der Waals surface area contributed by atoms with Gasteiger partial charge in [0.05, 0.1) is 34.4 Å². The molecule has 1 aromatic carbocycles. The normalized spacial score (nSPS) is 15.3. The minimum atomic E-state index is -3.65. The highest BCUT2D eigenvalue weighted by Gasteiger charge is 2.27. The zero-order valence-electron chi connectivity index (χ0n) is 17.0. The number of carbonyl (C=O) groups excluding carboxylic acids is 1. The van der Waals surface area contributed by atoms with Crippen LogP contribution in [0.3, 0.4) is 0 Å². The summed E-state index contributed by atoms with van der Waals surface area (Å²) >= 11 is 1.41. The number of carbonyl (C=O) groups is 1. The number of nitrogens with zero attached hydrogens (tertiary/aromatic N) is 2. The number of hydrogen-bond donors (Lipinski definition) is 1. The fourth-order valence-electron chi connectivity index (χ4n) is 3.29. The third-order valence-corrected chi connectivity index (χ3v) is 7.79. The minimum absolute atomic E-state index is 0.174. The summed E-state index contributed by atoms with van der Waals surface area (Å²) in [6, 6.07) is 8.63. The summed E-state index contributed by atoms with van der Waals surface area (Å²) in [5, 5.41) is 2.93. The molecule has 1 aliphatic rings. The SMILES string of the molecule is CCN(CC)c1ccc(S(=O)(=O)N2CCOCC2)cc1NC(=O)c1ccc(C)s1. The van der Waals surface area contributed by atoms with Crippen molar-refractivity contribution in [2.24, 2.45) is 0 Å². The Bertz CT molecular complexity index is 962. The van der Waals surface area contributed by atoms with E-state index in [1.165, 1.54) is 15.6 Å². The van der Waals surface area contributed by atoms with Crippen LogP contribution in [0.25, 0.3) is 0 Å². The summed E-state index contributed by atoms with van der Waals surface area (Å²) in [5.41, 5.74) is 1.30. The Balaban J connectivity index is 1.98. The van der Waals surface area contributed by atoms with E-state index in [4.69, 9.17) is 4.74 Å². The summed E-state index contributed by atoms with van der Waals surface area (Å²) in [6.45, 7) is 8.91. The molecule has 0 saturated carbocycles. The number of rotatable bonds is 7. The lowest BCUT2D eigenvalue weighted by Crippen LogP contribution is -2.40. The molecule has 1 N–H and O–H groups in total. The average molecular weight is 438 g/mol. The molecule has 0 aliphatic carbocycles. The van der Waals surface area contributed by atoms with Crippen LogP contribution >= 0.6 is 11.3 Å². The number of ether oxygens (including phenoxy) is 1. The smallest absolute Gasteiger partial charge is 0.265 e. The Morgan fingerprint density at radius 2 is 1.86 bits per heavy atom. The van der Waals surface area contributed by atoms with Gasteiger partial charge in [0.2, 0.25) is 10.0 Å². The van der Waals surface area contributed by atoms with Crippen LogP contribution < -0.4 is 10.2 Å². The molecule has 3 rings (SSSR count). The Morgan fingerprint density at radius 3 is 2.45 bits per heavy atom. The maximum Gasteiger partial charge on any atom is 0.265 e. The molecule has 0 radical (unpaired) electrons. The fraction of sp³-hybridized carbons (Fsp3) is 0.450. The van der Waals surface area contributed by atoms with E-state index in [-0.39, 0.29) is 10.8 Å². The molecule has 1 aromatic heterocycles. The van der Waals surface area contributed by atoms with Crippen molar-refractivity contribution in [2.45, 2.75) is 25.7 Å². The Morgan fingerprint density at radius 1 is 1.17 bits per heavy atom. The number of benzene rings is 1. The quantitative estimate of drug-likeness (QED) is 0.720. The van der Waals surface area contributed by atoms with Crippen molar-refractivity contribution in [2.75, 3.05) is 49.6 Å². The van der Waals surface area contributed by atoms with E-state index in [0.717, 1.165) is 23.7 Å². The van der Waals surface area contributed by atoms with Crippen LogP contribution in [0.2, 0.25) is 0 Å². The van der Waals surface area contributed by atoms with Crippen LogP contribution in [0.5, 0.6) is 0 Å². The number of thiophene rings is 1. The van der Waals surface area contributed by atoms with Crippen LogP contribution in [-0.2, 0) is 14.8 Å². The lowest BCUT2D eigenvalue weighted by Gasteiger charge is -2.28. The molecule has 0 spiro atoms. The number of anilines is 2. The standard InChI is InChI=1S/C20H27N3O4S2/c1-4-22(5-2)18-8-7-16(29(25,26)23-10-12-27-13-11-23)14-17(18)21-20(24)19-9-6-15(3)28-19/h6-9,14H,4-5,10-13H2,1-3H3,(H,21,24). The van der Waals surface area contributed by atoms with Crippen molar-refractivity contribution < 1.29 is 17.9 Å². The lowest BCUT2D eigenvalue weighted by molar-refractivity contribution is 0.0730. The molecule has 0 atom stereocenters. The summed E-state index contributed by atoms with van der Waals surface area (Å²) in [6.07, 6.45) is 0. The molecule has 1 saturated heterocycles. The second kappa shape index (κ2) is 9.25. The first kappa shape index (κ1) is 21.8. The lowest BCUT2D eigenvalue weighted by atomic mass is 10.2. The third-order valence-electron chi connectivity index (χ3n) is 4.89. The molecule has 1 amide bonds. The first-order chi connectivity index (χ1) is 13.9. The van der Waals surface area contributed by atoms with Crippen LogP contribution in [-0.4, -0.2) is 58.0 Å². The number of amides is 1. The third kappa shape index (κ3) is 4.80. The molecule has 1 aliphatic heterocycles. The summed E-state index contributed by atoms with van der Waals surface area (Å²) < 4.78 is 32.8. The predicted molar refractivity (Wildman–Crippen MR) is 117 cm³/mol. The van der Waals surface area contributed by atoms with Gasteiger partial charge in [-0.2, -0.15) is 4.31 Å². The van der Waals surface area contributed by atoms with Gasteiger partial charge in [-0.1, -0.05) is 0 Å². The molecule has 1 fully saturated rings. The average Bonchev–Trinajstić information content (AvgIpc) is 3.17. The number of aryl methyl sites for hydroxylation is 1. The van der Waals surface area contributed by atoms with Gasteiger partial charge < -0.3 is 15.0 Å². The van der Waals surface area contributed by atoms with Gasteiger partial charge in [0.25, 0.3) is 5.91 Å². The second-order valence-corrected chi connectivity index (χ2v) is 9.96. The molecular weight excluding hydrogens is 410 g/mol. The molecule has 158 valence electrons.